The Kier molecular flexibility index (Phi) is 5.68. The van der Waals surface area contributed by atoms with Crippen molar-refractivity contribution in [3.8, 4) is 5.75 Å². The first-order chi connectivity index (χ1) is 13.4. The molecule has 6 nitrogen and oxygen atoms in total. The second kappa shape index (κ2) is 8.17. The van der Waals surface area contributed by atoms with Gasteiger partial charge >= 0.3 is 0 Å². The van der Waals surface area contributed by atoms with E-state index in [4.69, 9.17) is 4.74 Å². The summed E-state index contributed by atoms with van der Waals surface area (Å²) in [4.78, 5) is 14.1. The third-order valence-electron chi connectivity index (χ3n) is 4.96. The monoisotopic (exact) mass is 378 g/mol. The zero-order valence-corrected chi connectivity index (χ0v) is 16.7. The Morgan fingerprint density at radius 2 is 2.00 bits per heavy atom. The number of likely N-dealkylation sites (N-methyl/N-ethyl adjacent to an activating group) is 1. The molecule has 0 atom stereocenters. The predicted octanol–water partition coefficient (Wildman–Crippen LogP) is 3.52. The minimum atomic E-state index is -0.222. The third-order valence-corrected chi connectivity index (χ3v) is 4.96. The highest BCUT2D eigenvalue weighted by Crippen LogP contribution is 2.46. The molecule has 3 rings (SSSR count). The lowest BCUT2D eigenvalue weighted by molar-refractivity contribution is -0.119. The fraction of sp³-hybridized carbons (Fsp3) is 0.273. The second-order valence-corrected chi connectivity index (χ2v) is 7.15. The Bertz CT molecular complexity index is 918. The van der Waals surface area contributed by atoms with Crippen LogP contribution in [0.1, 0.15) is 19.4 Å². The van der Waals surface area contributed by atoms with E-state index < -0.39 is 0 Å². The van der Waals surface area contributed by atoms with Gasteiger partial charge in [0.2, 0.25) is 0 Å². The average molecular weight is 378 g/mol. The third kappa shape index (κ3) is 4.01. The first-order valence-corrected chi connectivity index (χ1v) is 9.17. The summed E-state index contributed by atoms with van der Waals surface area (Å²) in [6.45, 7) is 4.50. The van der Waals surface area contributed by atoms with Gasteiger partial charge in [-0.05, 0) is 29.8 Å². The van der Waals surface area contributed by atoms with Gasteiger partial charge < -0.3 is 15.0 Å². The fourth-order valence-electron chi connectivity index (χ4n) is 3.47. The predicted molar refractivity (Wildman–Crippen MR) is 114 cm³/mol. The minimum Gasteiger partial charge on any atom is -0.497 e. The Morgan fingerprint density at radius 3 is 2.75 bits per heavy atom. The molecule has 1 aliphatic heterocycles. The summed E-state index contributed by atoms with van der Waals surface area (Å²) >= 11 is 0. The summed E-state index contributed by atoms with van der Waals surface area (Å²) in [7, 11) is 3.65. The number of hydrogen-bond acceptors (Lipinski definition) is 5. The maximum Gasteiger partial charge on any atom is 0.259 e. The number of anilines is 2. The van der Waals surface area contributed by atoms with Crippen molar-refractivity contribution in [2.24, 2.45) is 5.10 Å². The van der Waals surface area contributed by atoms with Crippen molar-refractivity contribution in [2.45, 2.75) is 19.3 Å². The Labute approximate surface area is 165 Å². The topological polar surface area (TPSA) is 66.0 Å². The molecule has 2 N–H and O–H groups in total. The number of nitrogens with zero attached hydrogens (tertiary/aromatic N) is 2. The van der Waals surface area contributed by atoms with E-state index in [1.165, 1.54) is 11.3 Å². The first kappa shape index (κ1) is 19.5. The molecule has 1 amide bonds. The number of nitrogens with one attached hydrogen (secondary N) is 2. The van der Waals surface area contributed by atoms with Crippen molar-refractivity contribution < 1.29 is 9.53 Å². The Hall–Kier alpha value is -3.28. The fourth-order valence-corrected chi connectivity index (χ4v) is 3.47. The molecule has 2 aromatic rings. The van der Waals surface area contributed by atoms with Gasteiger partial charge in [0.15, 0.2) is 0 Å². The van der Waals surface area contributed by atoms with Gasteiger partial charge in [-0.2, -0.15) is 5.10 Å². The molecule has 0 fully saturated rings. The van der Waals surface area contributed by atoms with Crippen LogP contribution in [0, 0.1) is 0 Å². The lowest BCUT2D eigenvalue weighted by Crippen LogP contribution is -2.26. The van der Waals surface area contributed by atoms with E-state index in [0.29, 0.717) is 0 Å². The Balaban J connectivity index is 1.57. The summed E-state index contributed by atoms with van der Waals surface area (Å²) in [6.07, 6.45) is 3.57. The molecule has 0 saturated heterocycles. The van der Waals surface area contributed by atoms with Gasteiger partial charge in [-0.1, -0.05) is 38.1 Å². The number of allylic oxidation sites excluding steroid dienone is 2. The number of fused-ring (bicyclic) bond motifs is 1. The maximum absolute atomic E-state index is 12.0. The molecule has 0 bridgehead atoms. The number of carbonyl (C=O) groups is 1. The van der Waals surface area contributed by atoms with E-state index in [-0.39, 0.29) is 17.9 Å². The largest absolute Gasteiger partial charge is 0.497 e. The van der Waals surface area contributed by atoms with Crippen molar-refractivity contribution in [3.63, 3.8) is 0 Å². The van der Waals surface area contributed by atoms with Crippen molar-refractivity contribution in [1.82, 2.24) is 5.43 Å². The zero-order chi connectivity index (χ0) is 20.1. The number of hydrazone groups is 1. The number of methoxy groups -OCH3 is 1. The summed E-state index contributed by atoms with van der Waals surface area (Å²) in [6, 6.07) is 15.8. The van der Waals surface area contributed by atoms with E-state index in [9.17, 15) is 4.79 Å². The van der Waals surface area contributed by atoms with E-state index in [1.54, 1.807) is 13.3 Å². The Morgan fingerprint density at radius 1 is 1.21 bits per heavy atom. The highest BCUT2D eigenvalue weighted by atomic mass is 16.5. The molecule has 2 aromatic carbocycles. The SMILES string of the molecule is COc1cccc(NCC(=O)N/N=C\C=C2\N(C)c3ccccc3C2(C)C)c1. The van der Waals surface area contributed by atoms with Crippen LogP contribution in [0.5, 0.6) is 5.75 Å². The molecule has 0 aliphatic carbocycles. The number of para-hydroxylation sites is 1. The van der Waals surface area contributed by atoms with Gasteiger partial charge in [-0.25, -0.2) is 5.43 Å². The lowest BCUT2D eigenvalue weighted by Gasteiger charge is -2.23. The van der Waals surface area contributed by atoms with Gasteiger partial charge in [0.1, 0.15) is 5.75 Å². The molecular weight excluding hydrogens is 352 g/mol. The van der Waals surface area contributed by atoms with Crippen LogP contribution in [0.3, 0.4) is 0 Å². The van der Waals surface area contributed by atoms with E-state index >= 15 is 0 Å². The number of ether oxygens (including phenoxy) is 1. The molecule has 0 unspecified atom stereocenters. The second-order valence-electron chi connectivity index (χ2n) is 7.15. The van der Waals surface area contributed by atoms with Crippen LogP contribution in [0.15, 0.2) is 65.4 Å². The van der Waals surface area contributed by atoms with Crippen molar-refractivity contribution in [1.29, 1.82) is 0 Å². The molecule has 0 saturated carbocycles. The van der Waals surface area contributed by atoms with Crippen LogP contribution in [-0.2, 0) is 10.2 Å². The van der Waals surface area contributed by atoms with Crippen molar-refractivity contribution in [3.05, 3.63) is 65.9 Å². The summed E-state index contributed by atoms with van der Waals surface area (Å²) < 4.78 is 5.16. The number of hydrogen-bond donors (Lipinski definition) is 2. The molecule has 1 aliphatic rings. The standard InChI is InChI=1S/C22H26N4O2/c1-22(2)18-10-5-6-11-19(18)26(3)20(22)12-13-24-25-21(27)15-23-16-8-7-9-17(14-16)28-4/h5-14,23H,15H2,1-4H3,(H,25,27)/b20-12+,24-13-. The molecule has 0 aromatic heterocycles. The van der Waals surface area contributed by atoms with Crippen LogP contribution in [0.25, 0.3) is 0 Å². The van der Waals surface area contributed by atoms with Crippen LogP contribution >= 0.6 is 0 Å². The summed E-state index contributed by atoms with van der Waals surface area (Å²) in [5, 5.41) is 7.09. The highest BCUT2D eigenvalue weighted by Gasteiger charge is 2.37. The molecule has 0 spiro atoms. The molecule has 146 valence electrons. The number of amides is 1. The van der Waals surface area contributed by atoms with Crippen LogP contribution < -0.4 is 20.4 Å². The molecule has 1 heterocycles. The summed E-state index contributed by atoms with van der Waals surface area (Å²) in [5.41, 5.74) is 6.84. The average Bonchev–Trinajstić information content (AvgIpc) is 2.90. The van der Waals surface area contributed by atoms with Crippen LogP contribution in [0.2, 0.25) is 0 Å². The van der Waals surface area contributed by atoms with Crippen molar-refractivity contribution >= 4 is 23.5 Å². The van der Waals surface area contributed by atoms with Gasteiger partial charge in [0.05, 0.1) is 13.7 Å². The minimum absolute atomic E-state index is 0.116. The number of benzene rings is 2. The quantitative estimate of drug-likeness (QED) is 0.596. The normalized spacial score (nSPS) is 16.3. The van der Waals surface area contributed by atoms with Gasteiger partial charge in [-0.3, -0.25) is 4.79 Å². The van der Waals surface area contributed by atoms with E-state index in [0.717, 1.165) is 17.1 Å². The molecule has 0 radical (unpaired) electrons. The number of carbonyl (C=O) groups excluding carboxylic acids is 1. The van der Waals surface area contributed by atoms with E-state index in [1.807, 2.05) is 43.5 Å². The van der Waals surface area contributed by atoms with Crippen LogP contribution in [0.4, 0.5) is 11.4 Å². The maximum atomic E-state index is 12.0. The summed E-state index contributed by atoms with van der Waals surface area (Å²) in [5.74, 6) is 0.513. The van der Waals surface area contributed by atoms with Gasteiger partial charge in [0, 0.05) is 41.8 Å². The molecule has 28 heavy (non-hydrogen) atoms. The van der Waals surface area contributed by atoms with Crippen LogP contribution in [-0.4, -0.2) is 32.8 Å². The molecular formula is C22H26N4O2. The van der Waals surface area contributed by atoms with Gasteiger partial charge in [0.25, 0.3) is 5.91 Å². The lowest BCUT2D eigenvalue weighted by atomic mass is 9.84. The highest BCUT2D eigenvalue weighted by molar-refractivity contribution is 5.83. The molecule has 6 heteroatoms. The van der Waals surface area contributed by atoms with Gasteiger partial charge in [-0.15, -0.1) is 0 Å². The van der Waals surface area contributed by atoms with Crippen molar-refractivity contribution in [2.75, 3.05) is 30.9 Å². The number of rotatable bonds is 6. The first-order valence-electron chi connectivity index (χ1n) is 9.17. The smallest absolute Gasteiger partial charge is 0.259 e. The zero-order valence-electron chi connectivity index (χ0n) is 16.7. The van der Waals surface area contributed by atoms with E-state index in [2.05, 4.69) is 52.8 Å².